The lowest BCUT2D eigenvalue weighted by atomic mass is 9.92. The fraction of sp³-hybridized carbons (Fsp3) is 0.316. The van der Waals surface area contributed by atoms with Crippen molar-refractivity contribution in [2.45, 2.75) is 30.8 Å². The van der Waals surface area contributed by atoms with Crippen LogP contribution in [0.3, 0.4) is 0 Å². The molecule has 0 heterocycles. The zero-order chi connectivity index (χ0) is 15.3. The first kappa shape index (κ1) is 16.0. The first-order valence-electron chi connectivity index (χ1n) is 7.82. The molecule has 2 aliphatic carbocycles. The maximum Gasteiger partial charge on any atom is 0.244 e. The van der Waals surface area contributed by atoms with Crippen LogP contribution in [0.1, 0.15) is 29.5 Å². The van der Waals surface area contributed by atoms with Crippen LogP contribution in [0.5, 0.6) is 0 Å². The average molecular weight is 329 g/mol. The number of amides is 1. The molecular formula is C19H21ClN2O. The van der Waals surface area contributed by atoms with Crippen molar-refractivity contribution in [1.82, 2.24) is 5.32 Å². The van der Waals surface area contributed by atoms with Gasteiger partial charge in [0.1, 0.15) is 5.54 Å². The summed E-state index contributed by atoms with van der Waals surface area (Å²) in [5, 5.41) is 3.17. The van der Waals surface area contributed by atoms with Gasteiger partial charge in [-0.2, -0.15) is 0 Å². The lowest BCUT2D eigenvalue weighted by Crippen LogP contribution is -2.50. The van der Waals surface area contributed by atoms with Crippen molar-refractivity contribution in [2.24, 2.45) is 11.7 Å². The zero-order valence-electron chi connectivity index (χ0n) is 13.0. The fourth-order valence-corrected chi connectivity index (χ4v) is 3.76. The van der Waals surface area contributed by atoms with Gasteiger partial charge in [-0.25, -0.2) is 0 Å². The summed E-state index contributed by atoms with van der Waals surface area (Å²) in [7, 11) is 0. The zero-order valence-corrected chi connectivity index (χ0v) is 13.8. The highest BCUT2D eigenvalue weighted by Gasteiger charge is 2.56. The molecule has 3 N–H and O–H groups in total. The summed E-state index contributed by atoms with van der Waals surface area (Å²) >= 11 is 0. The van der Waals surface area contributed by atoms with Crippen molar-refractivity contribution >= 4 is 18.3 Å². The van der Waals surface area contributed by atoms with Crippen LogP contribution in [-0.2, 0) is 16.8 Å². The molecule has 0 aliphatic heterocycles. The van der Waals surface area contributed by atoms with Gasteiger partial charge in [0.2, 0.25) is 5.91 Å². The Morgan fingerprint density at radius 2 is 1.78 bits per heavy atom. The van der Waals surface area contributed by atoms with Gasteiger partial charge in [-0.3, -0.25) is 4.79 Å². The molecule has 2 aliphatic rings. The molecule has 23 heavy (non-hydrogen) atoms. The van der Waals surface area contributed by atoms with Crippen molar-refractivity contribution in [2.75, 3.05) is 0 Å². The lowest BCUT2D eigenvalue weighted by molar-refractivity contribution is -0.126. The van der Waals surface area contributed by atoms with E-state index in [1.807, 2.05) is 30.3 Å². The monoisotopic (exact) mass is 328 g/mol. The van der Waals surface area contributed by atoms with E-state index in [9.17, 15) is 4.79 Å². The number of hydrogen-bond acceptors (Lipinski definition) is 2. The van der Waals surface area contributed by atoms with E-state index < -0.39 is 5.54 Å². The van der Waals surface area contributed by atoms with Crippen LogP contribution in [0.15, 0.2) is 54.6 Å². The molecule has 4 heteroatoms. The Hall–Kier alpha value is -1.84. The molecule has 4 atom stereocenters. The van der Waals surface area contributed by atoms with Crippen LogP contribution in [0.2, 0.25) is 0 Å². The lowest BCUT2D eigenvalue weighted by Gasteiger charge is -2.24. The summed E-state index contributed by atoms with van der Waals surface area (Å²) in [6.07, 6.45) is 1.07. The summed E-state index contributed by atoms with van der Waals surface area (Å²) in [5.74, 6) is 0.940. The Morgan fingerprint density at radius 1 is 1.13 bits per heavy atom. The third-order valence-corrected chi connectivity index (χ3v) is 5.18. The minimum atomic E-state index is -0.988. The van der Waals surface area contributed by atoms with Crippen LogP contribution in [-0.4, -0.2) is 11.9 Å². The van der Waals surface area contributed by atoms with Gasteiger partial charge in [0, 0.05) is 12.0 Å². The van der Waals surface area contributed by atoms with Crippen molar-refractivity contribution in [1.29, 1.82) is 0 Å². The predicted molar refractivity (Wildman–Crippen MR) is 93.5 cm³/mol. The second-order valence-corrected chi connectivity index (χ2v) is 6.66. The number of hydrogen-bond donors (Lipinski definition) is 2. The molecule has 0 spiro atoms. The number of nitrogens with one attached hydrogen (secondary N) is 1. The molecule has 0 saturated heterocycles. The molecule has 1 amide bonds. The summed E-state index contributed by atoms with van der Waals surface area (Å²) < 4.78 is 0. The average Bonchev–Trinajstić information content (AvgIpc) is 3.05. The van der Waals surface area contributed by atoms with Crippen molar-refractivity contribution < 1.29 is 4.79 Å². The highest BCUT2D eigenvalue weighted by Crippen LogP contribution is 2.56. The highest BCUT2D eigenvalue weighted by atomic mass is 35.5. The van der Waals surface area contributed by atoms with E-state index in [-0.39, 0.29) is 24.4 Å². The number of carbonyl (C=O) groups excluding carboxylic acids is 1. The van der Waals surface area contributed by atoms with E-state index in [1.165, 1.54) is 11.1 Å². The minimum absolute atomic E-state index is 0. The van der Waals surface area contributed by atoms with Gasteiger partial charge in [0.15, 0.2) is 0 Å². The largest absolute Gasteiger partial charge is 0.351 e. The molecule has 4 unspecified atom stereocenters. The number of fused-ring (bicyclic) bond motifs is 3. The van der Waals surface area contributed by atoms with Gasteiger partial charge in [-0.1, -0.05) is 54.6 Å². The number of halogens is 1. The summed E-state index contributed by atoms with van der Waals surface area (Å²) in [6.45, 7) is 1.78. The topological polar surface area (TPSA) is 55.1 Å². The Morgan fingerprint density at radius 3 is 2.52 bits per heavy atom. The first-order valence-corrected chi connectivity index (χ1v) is 7.82. The van der Waals surface area contributed by atoms with E-state index in [0.717, 1.165) is 12.0 Å². The SMILES string of the molecule is CC(N)(C(=O)NC1C2Cc3ccccc3C21)c1ccccc1.Cl. The van der Waals surface area contributed by atoms with Crippen molar-refractivity contribution in [3.8, 4) is 0 Å². The minimum Gasteiger partial charge on any atom is -0.351 e. The molecule has 4 rings (SSSR count). The van der Waals surface area contributed by atoms with Gasteiger partial charge in [-0.05, 0) is 36.0 Å². The maximum absolute atomic E-state index is 12.6. The van der Waals surface area contributed by atoms with E-state index in [1.54, 1.807) is 6.92 Å². The first-order chi connectivity index (χ1) is 10.6. The molecule has 0 bridgehead atoms. The van der Waals surface area contributed by atoms with Crippen LogP contribution >= 0.6 is 12.4 Å². The standard InChI is InChI=1S/C19H20N2O.ClH/c1-19(20,13-8-3-2-4-9-13)18(22)21-17-15-11-12-7-5-6-10-14(12)16(15)17;/h2-10,15-17H,11,20H2,1H3,(H,21,22);1H. The van der Waals surface area contributed by atoms with Crippen LogP contribution in [0, 0.1) is 5.92 Å². The van der Waals surface area contributed by atoms with Gasteiger partial charge in [-0.15, -0.1) is 12.4 Å². The van der Waals surface area contributed by atoms with Crippen LogP contribution in [0.25, 0.3) is 0 Å². The summed E-state index contributed by atoms with van der Waals surface area (Å²) in [4.78, 5) is 12.6. The number of carbonyl (C=O) groups is 1. The van der Waals surface area contributed by atoms with Gasteiger partial charge >= 0.3 is 0 Å². The van der Waals surface area contributed by atoms with E-state index in [0.29, 0.717) is 11.8 Å². The Bertz CT molecular complexity index is 729. The molecule has 2 aromatic rings. The quantitative estimate of drug-likeness (QED) is 0.910. The molecule has 1 saturated carbocycles. The Kier molecular flexibility index (Phi) is 3.95. The molecule has 1 fully saturated rings. The van der Waals surface area contributed by atoms with Gasteiger partial charge in [0.05, 0.1) is 0 Å². The van der Waals surface area contributed by atoms with E-state index >= 15 is 0 Å². The normalized spacial score (nSPS) is 26.3. The molecule has 0 aromatic heterocycles. The number of rotatable bonds is 3. The van der Waals surface area contributed by atoms with Crippen molar-refractivity contribution in [3.63, 3.8) is 0 Å². The second-order valence-electron chi connectivity index (χ2n) is 6.66. The molecular weight excluding hydrogens is 308 g/mol. The Labute approximate surface area is 142 Å². The number of benzene rings is 2. The second kappa shape index (κ2) is 5.66. The summed E-state index contributed by atoms with van der Waals surface area (Å²) in [5.41, 5.74) is 8.98. The number of nitrogens with two attached hydrogens (primary N) is 1. The third-order valence-electron chi connectivity index (χ3n) is 5.18. The molecule has 2 aromatic carbocycles. The molecule has 3 nitrogen and oxygen atoms in total. The van der Waals surface area contributed by atoms with Gasteiger partial charge < -0.3 is 11.1 Å². The molecule has 0 radical (unpaired) electrons. The fourth-order valence-electron chi connectivity index (χ4n) is 3.76. The smallest absolute Gasteiger partial charge is 0.244 e. The van der Waals surface area contributed by atoms with E-state index in [4.69, 9.17) is 5.73 Å². The Balaban J connectivity index is 0.00000156. The highest BCUT2D eigenvalue weighted by molar-refractivity contribution is 5.87. The van der Waals surface area contributed by atoms with E-state index in [2.05, 4.69) is 29.6 Å². The van der Waals surface area contributed by atoms with Crippen LogP contribution in [0.4, 0.5) is 0 Å². The summed E-state index contributed by atoms with van der Waals surface area (Å²) in [6, 6.07) is 18.4. The van der Waals surface area contributed by atoms with Gasteiger partial charge in [0.25, 0.3) is 0 Å². The predicted octanol–water partition coefficient (Wildman–Crippen LogP) is 2.74. The molecule has 120 valence electrons. The maximum atomic E-state index is 12.6. The third kappa shape index (κ3) is 2.54. The van der Waals surface area contributed by atoms with Crippen molar-refractivity contribution in [3.05, 3.63) is 71.3 Å². The van der Waals surface area contributed by atoms with Crippen LogP contribution < -0.4 is 11.1 Å².